The van der Waals surface area contributed by atoms with E-state index in [2.05, 4.69) is 26.9 Å². The fourth-order valence-electron chi connectivity index (χ4n) is 2.69. The van der Waals surface area contributed by atoms with Gasteiger partial charge in [-0.3, -0.25) is 0 Å². The summed E-state index contributed by atoms with van der Waals surface area (Å²) in [6.07, 6.45) is 3.55. The van der Waals surface area contributed by atoms with Crippen molar-refractivity contribution < 1.29 is 0 Å². The third-order valence-corrected chi connectivity index (χ3v) is 3.73. The summed E-state index contributed by atoms with van der Waals surface area (Å²) in [5, 5.41) is 25.0. The molecule has 102 valence electrons. The molecule has 0 bridgehead atoms. The van der Waals surface area contributed by atoms with Crippen molar-refractivity contribution in [2.75, 3.05) is 18.4 Å². The summed E-state index contributed by atoms with van der Waals surface area (Å²) in [6.45, 7) is 1.95. The van der Waals surface area contributed by atoms with E-state index in [1.165, 1.54) is 12.8 Å². The van der Waals surface area contributed by atoms with Crippen LogP contribution in [0.25, 0.3) is 10.9 Å². The third-order valence-electron chi connectivity index (χ3n) is 3.73. The molecule has 2 aromatic rings. The summed E-state index contributed by atoms with van der Waals surface area (Å²) >= 11 is 0. The van der Waals surface area contributed by atoms with Crippen LogP contribution in [0.15, 0.2) is 24.3 Å². The van der Waals surface area contributed by atoms with Crippen LogP contribution in [0.5, 0.6) is 0 Å². The molecule has 0 amide bonds. The van der Waals surface area contributed by atoms with Crippen molar-refractivity contribution in [2.45, 2.75) is 25.3 Å². The first-order valence-electron chi connectivity index (χ1n) is 7.01. The number of nitrogens with one attached hydrogen (secondary N) is 2. The maximum absolute atomic E-state index is 9.18. The van der Waals surface area contributed by atoms with Gasteiger partial charge in [0.15, 0.2) is 5.69 Å². The molecule has 1 atom stereocenters. The second kappa shape index (κ2) is 5.85. The fourth-order valence-corrected chi connectivity index (χ4v) is 2.69. The fraction of sp³-hybridized carbons (Fsp3) is 0.400. The Morgan fingerprint density at radius 1 is 1.35 bits per heavy atom. The van der Waals surface area contributed by atoms with Crippen LogP contribution in [0, 0.1) is 11.3 Å². The molecule has 0 radical (unpaired) electrons. The summed E-state index contributed by atoms with van der Waals surface area (Å²) in [7, 11) is 0. The summed E-state index contributed by atoms with van der Waals surface area (Å²) in [6, 6.07) is 10.5. The Hall–Kier alpha value is -2.19. The highest BCUT2D eigenvalue weighted by molar-refractivity contribution is 5.92. The van der Waals surface area contributed by atoms with Gasteiger partial charge in [-0.25, -0.2) is 0 Å². The lowest BCUT2D eigenvalue weighted by Gasteiger charge is -2.13. The molecule has 5 nitrogen and oxygen atoms in total. The Balaban J connectivity index is 1.79. The van der Waals surface area contributed by atoms with Gasteiger partial charge in [0.1, 0.15) is 6.07 Å². The highest BCUT2D eigenvalue weighted by Gasteiger charge is 2.14. The highest BCUT2D eigenvalue weighted by Crippen LogP contribution is 2.23. The van der Waals surface area contributed by atoms with Crippen molar-refractivity contribution in [1.82, 2.24) is 15.5 Å². The molecular weight excluding hydrogens is 250 g/mol. The zero-order valence-corrected chi connectivity index (χ0v) is 11.3. The predicted octanol–water partition coefficient (Wildman–Crippen LogP) is 2.06. The molecule has 2 N–H and O–H groups in total. The summed E-state index contributed by atoms with van der Waals surface area (Å²) in [4.78, 5) is 0. The zero-order chi connectivity index (χ0) is 13.8. The smallest absolute Gasteiger partial charge is 0.186 e. The Bertz CT molecular complexity index is 640. The van der Waals surface area contributed by atoms with Gasteiger partial charge in [0.05, 0.1) is 11.2 Å². The lowest BCUT2D eigenvalue weighted by atomic mass is 10.1. The van der Waals surface area contributed by atoms with Gasteiger partial charge in [0, 0.05) is 18.0 Å². The molecule has 0 saturated carbocycles. The van der Waals surface area contributed by atoms with Crippen molar-refractivity contribution in [3.05, 3.63) is 30.0 Å². The monoisotopic (exact) mass is 267 g/mol. The number of rotatable bonds is 4. The molecule has 5 heteroatoms. The number of fused-ring (bicyclic) bond motifs is 1. The molecular formula is C15H17N5. The second-order valence-electron chi connectivity index (χ2n) is 5.06. The summed E-state index contributed by atoms with van der Waals surface area (Å²) < 4.78 is 0. The summed E-state index contributed by atoms with van der Waals surface area (Å²) in [5.74, 6) is 0. The van der Waals surface area contributed by atoms with Crippen molar-refractivity contribution in [3.63, 3.8) is 0 Å². The Morgan fingerprint density at radius 2 is 2.25 bits per heavy atom. The lowest BCUT2D eigenvalue weighted by molar-refractivity contribution is 0.574. The normalized spacial score (nSPS) is 18.1. The van der Waals surface area contributed by atoms with Crippen molar-refractivity contribution in [1.29, 1.82) is 5.26 Å². The maximum Gasteiger partial charge on any atom is 0.186 e. The van der Waals surface area contributed by atoms with E-state index in [4.69, 9.17) is 0 Å². The standard InChI is InChI=1S/C15H17N5/c16-10-14-15(18-9-7-11-4-3-8-17-11)12-5-1-2-6-13(12)19-20-14/h1-2,5-6,11,17H,3-4,7-9H2,(H,18,19)/t11-/m0/s1. The molecule has 1 aromatic heterocycles. The number of nitriles is 1. The van der Waals surface area contributed by atoms with Crippen LogP contribution < -0.4 is 10.6 Å². The zero-order valence-electron chi connectivity index (χ0n) is 11.3. The Labute approximate surface area is 118 Å². The van der Waals surface area contributed by atoms with Crippen LogP contribution in [-0.4, -0.2) is 29.3 Å². The van der Waals surface area contributed by atoms with Crippen LogP contribution in [-0.2, 0) is 0 Å². The molecule has 0 aliphatic carbocycles. The van der Waals surface area contributed by atoms with Crippen LogP contribution in [0.2, 0.25) is 0 Å². The first-order chi connectivity index (χ1) is 9.88. The quantitative estimate of drug-likeness (QED) is 0.887. The van der Waals surface area contributed by atoms with E-state index in [0.29, 0.717) is 11.7 Å². The lowest BCUT2D eigenvalue weighted by Crippen LogP contribution is -2.24. The van der Waals surface area contributed by atoms with Gasteiger partial charge >= 0.3 is 0 Å². The topological polar surface area (TPSA) is 73.6 Å². The number of hydrogen-bond donors (Lipinski definition) is 2. The van der Waals surface area contributed by atoms with Gasteiger partial charge in [0.2, 0.25) is 0 Å². The minimum absolute atomic E-state index is 0.364. The third kappa shape index (κ3) is 2.56. The number of aromatic nitrogens is 2. The highest BCUT2D eigenvalue weighted by atomic mass is 15.1. The number of nitrogens with zero attached hydrogens (tertiary/aromatic N) is 3. The Kier molecular flexibility index (Phi) is 3.75. The largest absolute Gasteiger partial charge is 0.382 e. The predicted molar refractivity (Wildman–Crippen MR) is 78.4 cm³/mol. The van der Waals surface area contributed by atoms with Gasteiger partial charge < -0.3 is 10.6 Å². The minimum atomic E-state index is 0.364. The van der Waals surface area contributed by atoms with E-state index in [-0.39, 0.29) is 0 Å². The van der Waals surface area contributed by atoms with Gasteiger partial charge in [0.25, 0.3) is 0 Å². The summed E-state index contributed by atoms with van der Waals surface area (Å²) in [5.41, 5.74) is 1.98. The van der Waals surface area contributed by atoms with E-state index in [0.717, 1.165) is 36.1 Å². The molecule has 3 rings (SSSR count). The van der Waals surface area contributed by atoms with Gasteiger partial charge in [-0.05, 0) is 31.9 Å². The number of anilines is 1. The van der Waals surface area contributed by atoms with Crippen LogP contribution in [0.3, 0.4) is 0 Å². The van der Waals surface area contributed by atoms with E-state index < -0.39 is 0 Å². The van der Waals surface area contributed by atoms with Gasteiger partial charge in [-0.2, -0.15) is 5.26 Å². The molecule has 0 unspecified atom stereocenters. The van der Waals surface area contributed by atoms with Crippen molar-refractivity contribution in [2.24, 2.45) is 0 Å². The van der Waals surface area contributed by atoms with E-state index in [9.17, 15) is 5.26 Å². The van der Waals surface area contributed by atoms with Crippen LogP contribution >= 0.6 is 0 Å². The average molecular weight is 267 g/mol. The first-order valence-corrected chi connectivity index (χ1v) is 7.01. The maximum atomic E-state index is 9.18. The molecule has 0 spiro atoms. The Morgan fingerprint density at radius 3 is 3.05 bits per heavy atom. The molecule has 20 heavy (non-hydrogen) atoms. The number of hydrogen-bond acceptors (Lipinski definition) is 5. The van der Waals surface area contributed by atoms with E-state index >= 15 is 0 Å². The molecule has 1 aliphatic heterocycles. The molecule has 1 fully saturated rings. The van der Waals surface area contributed by atoms with Gasteiger partial charge in [-0.1, -0.05) is 18.2 Å². The first kappa shape index (κ1) is 12.8. The molecule has 2 heterocycles. The van der Waals surface area contributed by atoms with Gasteiger partial charge in [-0.15, -0.1) is 10.2 Å². The average Bonchev–Trinajstić information content (AvgIpc) is 3.00. The molecule has 1 aromatic carbocycles. The van der Waals surface area contributed by atoms with Crippen molar-refractivity contribution in [3.8, 4) is 6.07 Å². The minimum Gasteiger partial charge on any atom is -0.382 e. The second-order valence-corrected chi connectivity index (χ2v) is 5.06. The molecule has 1 aliphatic rings. The van der Waals surface area contributed by atoms with E-state index in [1.54, 1.807) is 0 Å². The SMILES string of the molecule is N#Cc1nnc2ccccc2c1NCC[C@@H]1CCCN1. The van der Waals surface area contributed by atoms with Crippen LogP contribution in [0.4, 0.5) is 5.69 Å². The van der Waals surface area contributed by atoms with Crippen LogP contribution in [0.1, 0.15) is 25.0 Å². The van der Waals surface area contributed by atoms with E-state index in [1.807, 2.05) is 24.3 Å². The molecule has 1 saturated heterocycles. The van der Waals surface area contributed by atoms with Crippen molar-refractivity contribution >= 4 is 16.6 Å². The number of benzene rings is 1.